The van der Waals surface area contributed by atoms with Gasteiger partial charge in [-0.1, -0.05) is 44.2 Å². The number of aromatic nitrogens is 2. The van der Waals surface area contributed by atoms with Gasteiger partial charge in [0, 0.05) is 13.2 Å². The molecule has 7 nitrogen and oxygen atoms in total. The third-order valence-electron chi connectivity index (χ3n) is 3.81. The zero-order valence-corrected chi connectivity index (χ0v) is 14.7. The topological polar surface area (TPSA) is 102 Å². The van der Waals surface area contributed by atoms with Crippen molar-refractivity contribution in [3.63, 3.8) is 0 Å². The Morgan fingerprint density at radius 3 is 2.60 bits per heavy atom. The lowest BCUT2D eigenvalue weighted by Gasteiger charge is -2.14. The van der Waals surface area contributed by atoms with Crippen LogP contribution in [0.3, 0.4) is 0 Å². The lowest BCUT2D eigenvalue weighted by atomic mass is 10.1. The number of ether oxygens (including phenoxy) is 1. The molecule has 2 rings (SSSR count). The van der Waals surface area contributed by atoms with Crippen molar-refractivity contribution < 1.29 is 4.74 Å². The SMILES string of the molecule is CC(C)CCOCCNc1c(N)n(Cc2ccccc2)c(=O)[nH]c1=O. The lowest BCUT2D eigenvalue weighted by molar-refractivity contribution is 0.132. The number of H-pyrrole nitrogens is 1. The van der Waals surface area contributed by atoms with Crippen molar-refractivity contribution in [2.24, 2.45) is 5.92 Å². The monoisotopic (exact) mass is 346 g/mol. The fourth-order valence-electron chi connectivity index (χ4n) is 2.35. The Balaban J connectivity index is 2.04. The molecule has 0 saturated heterocycles. The van der Waals surface area contributed by atoms with Crippen LogP contribution in [0.25, 0.3) is 0 Å². The Hall–Kier alpha value is -2.54. The highest BCUT2D eigenvalue weighted by atomic mass is 16.5. The van der Waals surface area contributed by atoms with Crippen LogP contribution in [0.2, 0.25) is 0 Å². The average molecular weight is 346 g/mol. The van der Waals surface area contributed by atoms with Gasteiger partial charge in [-0.2, -0.15) is 0 Å². The van der Waals surface area contributed by atoms with Gasteiger partial charge < -0.3 is 15.8 Å². The number of hydrogen-bond donors (Lipinski definition) is 3. The summed E-state index contributed by atoms with van der Waals surface area (Å²) in [7, 11) is 0. The van der Waals surface area contributed by atoms with E-state index in [4.69, 9.17) is 10.5 Å². The standard InChI is InChI=1S/C18H26N4O3/c1-13(2)8-10-25-11-9-20-15-16(19)22(18(24)21-17(15)23)12-14-6-4-3-5-7-14/h3-7,13,20H,8-12,19H2,1-2H3,(H,21,23,24). The number of benzene rings is 1. The molecule has 2 aromatic rings. The summed E-state index contributed by atoms with van der Waals surface area (Å²) in [4.78, 5) is 26.4. The number of nitrogens with one attached hydrogen (secondary N) is 2. The summed E-state index contributed by atoms with van der Waals surface area (Å²) in [5.74, 6) is 0.716. The first-order chi connectivity index (χ1) is 12.0. The molecule has 0 aliphatic heterocycles. The molecule has 0 amide bonds. The number of hydrogen-bond acceptors (Lipinski definition) is 5. The van der Waals surface area contributed by atoms with E-state index >= 15 is 0 Å². The largest absolute Gasteiger partial charge is 0.383 e. The minimum atomic E-state index is -0.523. The molecule has 4 N–H and O–H groups in total. The van der Waals surface area contributed by atoms with Crippen molar-refractivity contribution in [3.8, 4) is 0 Å². The highest BCUT2D eigenvalue weighted by Crippen LogP contribution is 2.12. The van der Waals surface area contributed by atoms with Crippen molar-refractivity contribution in [2.45, 2.75) is 26.8 Å². The van der Waals surface area contributed by atoms with Gasteiger partial charge >= 0.3 is 5.69 Å². The minimum absolute atomic E-state index is 0.125. The highest BCUT2D eigenvalue weighted by Gasteiger charge is 2.12. The normalized spacial score (nSPS) is 11.0. The smallest absolute Gasteiger partial charge is 0.330 e. The molecule has 0 saturated carbocycles. The van der Waals surface area contributed by atoms with Gasteiger partial charge in [0.15, 0.2) is 0 Å². The van der Waals surface area contributed by atoms with Crippen LogP contribution in [0.15, 0.2) is 39.9 Å². The first-order valence-electron chi connectivity index (χ1n) is 8.47. The number of nitrogen functional groups attached to an aromatic ring is 1. The summed E-state index contributed by atoms with van der Waals surface area (Å²) in [6.45, 7) is 6.15. The molecule has 136 valence electrons. The molecule has 1 aromatic carbocycles. The first kappa shape index (κ1) is 18.8. The van der Waals surface area contributed by atoms with Gasteiger partial charge in [0.1, 0.15) is 11.5 Å². The Bertz CT molecular complexity index is 781. The maximum atomic E-state index is 12.1. The van der Waals surface area contributed by atoms with Gasteiger partial charge in [-0.05, 0) is 17.9 Å². The summed E-state index contributed by atoms with van der Waals surface area (Å²) in [5, 5.41) is 2.97. The van der Waals surface area contributed by atoms with Gasteiger partial charge in [0.2, 0.25) is 0 Å². The number of nitrogens with two attached hydrogens (primary N) is 1. The molecule has 1 aromatic heterocycles. The molecule has 7 heteroatoms. The fourth-order valence-corrected chi connectivity index (χ4v) is 2.35. The summed E-state index contributed by atoms with van der Waals surface area (Å²) in [5.41, 5.74) is 6.13. The molecule has 0 unspecified atom stereocenters. The second-order valence-electron chi connectivity index (χ2n) is 6.31. The molecule has 25 heavy (non-hydrogen) atoms. The fraction of sp³-hybridized carbons (Fsp3) is 0.444. The molecule has 0 aliphatic rings. The lowest BCUT2D eigenvalue weighted by Crippen LogP contribution is -2.34. The molecule has 0 bridgehead atoms. The quantitative estimate of drug-likeness (QED) is 0.599. The highest BCUT2D eigenvalue weighted by molar-refractivity contribution is 5.60. The predicted octanol–water partition coefficient (Wildman–Crippen LogP) is 1.64. The molecule has 0 fully saturated rings. The van der Waals surface area contributed by atoms with E-state index in [1.807, 2.05) is 30.3 Å². The van der Waals surface area contributed by atoms with E-state index in [-0.39, 0.29) is 11.5 Å². The zero-order chi connectivity index (χ0) is 18.2. The summed E-state index contributed by atoms with van der Waals surface area (Å²) >= 11 is 0. The number of anilines is 2. The van der Waals surface area contributed by atoms with E-state index in [1.165, 1.54) is 4.57 Å². The molecule has 0 atom stereocenters. The maximum absolute atomic E-state index is 12.1. The Labute approximate surface area is 146 Å². The van der Waals surface area contributed by atoms with Crippen molar-refractivity contribution in [1.82, 2.24) is 9.55 Å². The van der Waals surface area contributed by atoms with Gasteiger partial charge in [-0.25, -0.2) is 4.79 Å². The minimum Gasteiger partial charge on any atom is -0.383 e. The molecular weight excluding hydrogens is 320 g/mol. The van der Waals surface area contributed by atoms with Crippen LogP contribution in [0.5, 0.6) is 0 Å². The Morgan fingerprint density at radius 1 is 1.20 bits per heavy atom. The van der Waals surface area contributed by atoms with Crippen molar-refractivity contribution in [2.75, 3.05) is 30.8 Å². The van der Waals surface area contributed by atoms with Crippen LogP contribution < -0.4 is 22.3 Å². The van der Waals surface area contributed by atoms with E-state index < -0.39 is 11.2 Å². The second kappa shape index (κ2) is 9.08. The summed E-state index contributed by atoms with van der Waals surface area (Å²) in [6.07, 6.45) is 0.991. The average Bonchev–Trinajstić information content (AvgIpc) is 2.57. The van der Waals surface area contributed by atoms with Gasteiger partial charge in [-0.3, -0.25) is 14.3 Å². The van der Waals surface area contributed by atoms with Crippen LogP contribution in [0, 0.1) is 5.92 Å². The zero-order valence-electron chi connectivity index (χ0n) is 14.7. The van der Waals surface area contributed by atoms with Crippen LogP contribution in [0.1, 0.15) is 25.8 Å². The first-order valence-corrected chi connectivity index (χ1v) is 8.47. The Kier molecular flexibility index (Phi) is 6.82. The summed E-state index contributed by atoms with van der Waals surface area (Å²) in [6, 6.07) is 9.46. The molecule has 0 radical (unpaired) electrons. The van der Waals surface area contributed by atoms with Crippen molar-refractivity contribution in [1.29, 1.82) is 0 Å². The molecule has 1 heterocycles. The van der Waals surface area contributed by atoms with Gasteiger partial charge in [0.05, 0.1) is 13.2 Å². The van der Waals surface area contributed by atoms with E-state index in [9.17, 15) is 9.59 Å². The van der Waals surface area contributed by atoms with Gasteiger partial charge in [0.25, 0.3) is 5.56 Å². The second-order valence-corrected chi connectivity index (χ2v) is 6.31. The van der Waals surface area contributed by atoms with Crippen LogP contribution >= 0.6 is 0 Å². The van der Waals surface area contributed by atoms with Crippen LogP contribution in [-0.2, 0) is 11.3 Å². The van der Waals surface area contributed by atoms with Gasteiger partial charge in [-0.15, -0.1) is 0 Å². The van der Waals surface area contributed by atoms with E-state index in [0.717, 1.165) is 12.0 Å². The number of nitrogens with zero attached hydrogens (tertiary/aromatic N) is 1. The van der Waals surface area contributed by atoms with Crippen LogP contribution in [0.4, 0.5) is 11.5 Å². The molecule has 0 aliphatic carbocycles. The van der Waals surface area contributed by atoms with E-state index in [0.29, 0.717) is 32.2 Å². The summed E-state index contributed by atoms with van der Waals surface area (Å²) < 4.78 is 6.86. The van der Waals surface area contributed by atoms with Crippen LogP contribution in [-0.4, -0.2) is 29.3 Å². The third-order valence-corrected chi connectivity index (χ3v) is 3.81. The molecular formula is C18H26N4O3. The number of rotatable bonds is 9. The maximum Gasteiger partial charge on any atom is 0.330 e. The number of aromatic amines is 1. The van der Waals surface area contributed by atoms with E-state index in [2.05, 4.69) is 24.1 Å². The predicted molar refractivity (Wildman–Crippen MR) is 100 cm³/mol. The van der Waals surface area contributed by atoms with E-state index in [1.54, 1.807) is 0 Å². The Morgan fingerprint density at radius 2 is 1.92 bits per heavy atom. The van der Waals surface area contributed by atoms with Crippen molar-refractivity contribution in [3.05, 3.63) is 56.7 Å². The molecule has 0 spiro atoms. The third kappa shape index (κ3) is 5.49. The van der Waals surface area contributed by atoms with Crippen molar-refractivity contribution >= 4 is 11.5 Å².